The fraction of sp³-hybridized carbons (Fsp3) is 0.462. The number of nitrogens with one attached hydrogen (secondary N) is 1. The predicted molar refractivity (Wildman–Crippen MR) is 142 cm³/mol. The van der Waals surface area contributed by atoms with Crippen LogP contribution in [-0.2, 0) is 26.2 Å². The van der Waals surface area contributed by atoms with E-state index >= 15 is 0 Å². The van der Waals surface area contributed by atoms with Crippen molar-refractivity contribution in [1.29, 1.82) is 0 Å². The first-order valence-corrected chi connectivity index (χ1v) is 14.2. The van der Waals surface area contributed by atoms with Crippen molar-refractivity contribution in [1.82, 2.24) is 10.2 Å². The fourth-order valence-electron chi connectivity index (χ4n) is 3.74. The zero-order valence-electron chi connectivity index (χ0n) is 21.3. The monoisotopic (exact) mass is 539 g/mol. The molecule has 7 nitrogen and oxygen atoms in total. The van der Waals surface area contributed by atoms with Gasteiger partial charge in [0, 0.05) is 31.1 Å². The molecule has 36 heavy (non-hydrogen) atoms. The molecule has 0 aliphatic rings. The lowest BCUT2D eigenvalue weighted by molar-refractivity contribution is -0.140. The Morgan fingerprint density at radius 1 is 1.11 bits per heavy atom. The summed E-state index contributed by atoms with van der Waals surface area (Å²) in [7, 11) is -3.62. The molecule has 2 rings (SSSR count). The average Bonchev–Trinajstić information content (AvgIpc) is 2.82. The van der Waals surface area contributed by atoms with Crippen LogP contribution in [0.25, 0.3) is 0 Å². The Labute approximate surface area is 218 Å². The van der Waals surface area contributed by atoms with Crippen molar-refractivity contribution < 1.29 is 22.4 Å². The van der Waals surface area contributed by atoms with Crippen LogP contribution in [0.15, 0.2) is 42.5 Å². The fourth-order valence-corrected chi connectivity index (χ4v) is 4.92. The summed E-state index contributed by atoms with van der Waals surface area (Å²) < 4.78 is 39.6. The first kappa shape index (κ1) is 29.6. The number of carbonyl (C=O) groups excluding carboxylic acids is 2. The lowest BCUT2D eigenvalue weighted by Crippen LogP contribution is -2.48. The minimum absolute atomic E-state index is 0.0272. The van der Waals surface area contributed by atoms with Gasteiger partial charge in [0.05, 0.1) is 11.9 Å². The van der Waals surface area contributed by atoms with Gasteiger partial charge in [-0.05, 0) is 62.1 Å². The highest BCUT2D eigenvalue weighted by molar-refractivity contribution is 7.92. The number of rotatable bonds is 13. The maximum Gasteiger partial charge on any atom is 0.242 e. The number of hydrogen-bond acceptors (Lipinski definition) is 4. The van der Waals surface area contributed by atoms with Gasteiger partial charge in [0.25, 0.3) is 0 Å². The Hall–Kier alpha value is -2.65. The molecule has 1 N–H and O–H groups in total. The van der Waals surface area contributed by atoms with Gasteiger partial charge in [-0.25, -0.2) is 12.8 Å². The molecule has 0 heterocycles. The first-order valence-electron chi connectivity index (χ1n) is 12.0. The van der Waals surface area contributed by atoms with Crippen LogP contribution >= 0.6 is 11.6 Å². The summed E-state index contributed by atoms with van der Waals surface area (Å²) >= 11 is 6.09. The predicted octanol–water partition coefficient (Wildman–Crippen LogP) is 4.67. The van der Waals surface area contributed by atoms with Crippen LogP contribution in [0.5, 0.6) is 0 Å². The van der Waals surface area contributed by atoms with Gasteiger partial charge >= 0.3 is 0 Å². The maximum atomic E-state index is 13.4. The van der Waals surface area contributed by atoms with Crippen LogP contribution < -0.4 is 9.62 Å². The molecular weight excluding hydrogens is 505 g/mol. The van der Waals surface area contributed by atoms with E-state index in [0.717, 1.165) is 24.7 Å². The van der Waals surface area contributed by atoms with Gasteiger partial charge in [-0.3, -0.25) is 13.9 Å². The third kappa shape index (κ3) is 8.78. The van der Waals surface area contributed by atoms with Crippen molar-refractivity contribution >= 4 is 39.1 Å². The van der Waals surface area contributed by atoms with Crippen LogP contribution in [0.4, 0.5) is 10.1 Å². The van der Waals surface area contributed by atoms with Gasteiger partial charge in [0.2, 0.25) is 21.8 Å². The number of unbranched alkanes of at least 4 members (excludes halogenated alkanes) is 1. The highest BCUT2D eigenvalue weighted by atomic mass is 35.5. The molecule has 0 aliphatic carbocycles. The lowest BCUT2D eigenvalue weighted by Gasteiger charge is -2.29. The van der Waals surface area contributed by atoms with E-state index in [-0.39, 0.29) is 43.6 Å². The van der Waals surface area contributed by atoms with E-state index in [1.165, 1.54) is 21.3 Å². The van der Waals surface area contributed by atoms with Gasteiger partial charge in [-0.15, -0.1) is 0 Å². The molecular formula is C26H35ClFN3O4S. The lowest BCUT2D eigenvalue weighted by atomic mass is 10.1. The van der Waals surface area contributed by atoms with Crippen molar-refractivity contribution in [2.24, 2.45) is 0 Å². The van der Waals surface area contributed by atoms with Gasteiger partial charge in [0.1, 0.15) is 11.9 Å². The van der Waals surface area contributed by atoms with E-state index in [0.29, 0.717) is 22.8 Å². The molecule has 1 atom stereocenters. The van der Waals surface area contributed by atoms with Crippen LogP contribution in [0.2, 0.25) is 5.02 Å². The molecule has 0 radical (unpaired) electrons. The van der Waals surface area contributed by atoms with E-state index in [1.54, 1.807) is 44.2 Å². The van der Waals surface area contributed by atoms with Crippen LogP contribution in [0.1, 0.15) is 50.7 Å². The van der Waals surface area contributed by atoms with Gasteiger partial charge in [-0.1, -0.05) is 43.1 Å². The van der Waals surface area contributed by atoms with Crippen molar-refractivity contribution in [2.45, 2.75) is 59.0 Å². The topological polar surface area (TPSA) is 86.8 Å². The van der Waals surface area contributed by atoms with E-state index in [4.69, 9.17) is 11.6 Å². The summed E-state index contributed by atoms with van der Waals surface area (Å²) in [5.41, 5.74) is 1.89. The minimum atomic E-state index is -3.62. The molecule has 0 saturated heterocycles. The molecule has 0 fully saturated rings. The first-order chi connectivity index (χ1) is 16.9. The summed E-state index contributed by atoms with van der Waals surface area (Å²) in [6.45, 7) is 6.18. The average molecular weight is 540 g/mol. The molecule has 0 bridgehead atoms. The highest BCUT2D eigenvalue weighted by Gasteiger charge is 2.27. The van der Waals surface area contributed by atoms with E-state index in [1.807, 2.05) is 6.92 Å². The number of benzene rings is 2. The summed E-state index contributed by atoms with van der Waals surface area (Å²) in [5, 5.41) is 3.26. The number of halogens is 2. The molecule has 0 aliphatic heterocycles. The SMILES string of the molecule is CCCCNC(=O)[C@@H](C)N(Cc1ccc(F)cc1)C(=O)CCCN(c1cc(Cl)ccc1C)S(C)(=O)=O. The van der Waals surface area contributed by atoms with E-state index < -0.39 is 16.1 Å². The third-order valence-corrected chi connectivity index (χ3v) is 7.27. The van der Waals surface area contributed by atoms with E-state index in [2.05, 4.69) is 5.32 Å². The molecule has 0 saturated carbocycles. The third-order valence-electron chi connectivity index (χ3n) is 5.86. The zero-order valence-corrected chi connectivity index (χ0v) is 22.8. The smallest absolute Gasteiger partial charge is 0.242 e. The Kier molecular flexibility index (Phi) is 11.2. The number of carbonyl (C=O) groups is 2. The molecule has 2 aromatic carbocycles. The summed E-state index contributed by atoms with van der Waals surface area (Å²) in [6, 6.07) is 10.0. The Bertz CT molecular complexity index is 1140. The number of hydrogen-bond donors (Lipinski definition) is 1. The summed E-state index contributed by atoms with van der Waals surface area (Å²) in [5.74, 6) is -0.959. The second kappa shape index (κ2) is 13.6. The molecule has 0 aromatic heterocycles. The normalized spacial score (nSPS) is 12.2. The van der Waals surface area contributed by atoms with Gasteiger partial charge in [-0.2, -0.15) is 0 Å². The molecule has 0 unspecified atom stereocenters. The Morgan fingerprint density at radius 2 is 1.78 bits per heavy atom. The number of amides is 2. The van der Waals surface area contributed by atoms with Crippen LogP contribution in [0.3, 0.4) is 0 Å². The molecule has 2 amide bonds. The van der Waals surface area contributed by atoms with Crippen molar-refractivity contribution in [3.63, 3.8) is 0 Å². The van der Waals surface area contributed by atoms with E-state index in [9.17, 15) is 22.4 Å². The number of aryl methyl sites for hydroxylation is 1. The minimum Gasteiger partial charge on any atom is -0.354 e. The van der Waals surface area contributed by atoms with Gasteiger partial charge < -0.3 is 10.2 Å². The quantitative estimate of drug-likeness (QED) is 0.375. The molecule has 198 valence electrons. The molecule has 0 spiro atoms. The van der Waals surface area contributed by atoms with Crippen LogP contribution in [0, 0.1) is 12.7 Å². The summed E-state index contributed by atoms with van der Waals surface area (Å²) in [4.78, 5) is 27.4. The largest absolute Gasteiger partial charge is 0.354 e. The van der Waals surface area contributed by atoms with Crippen molar-refractivity contribution in [3.05, 3.63) is 64.4 Å². The number of sulfonamides is 1. The maximum absolute atomic E-state index is 13.4. The van der Waals surface area contributed by atoms with Crippen molar-refractivity contribution in [2.75, 3.05) is 23.7 Å². The van der Waals surface area contributed by atoms with Gasteiger partial charge in [0.15, 0.2) is 0 Å². The highest BCUT2D eigenvalue weighted by Crippen LogP contribution is 2.27. The second-order valence-corrected chi connectivity index (χ2v) is 11.2. The van der Waals surface area contributed by atoms with Crippen molar-refractivity contribution in [3.8, 4) is 0 Å². The zero-order chi connectivity index (χ0) is 26.9. The number of nitrogens with zero attached hydrogens (tertiary/aromatic N) is 2. The Morgan fingerprint density at radius 3 is 2.39 bits per heavy atom. The van der Waals surface area contributed by atoms with Crippen LogP contribution in [-0.4, -0.2) is 50.5 Å². The molecule has 10 heteroatoms. The summed E-state index contributed by atoms with van der Waals surface area (Å²) in [6.07, 6.45) is 3.13. The second-order valence-electron chi connectivity index (χ2n) is 8.84. The Balaban J connectivity index is 2.17. The standard InChI is InChI=1S/C26H35ClFN3O4S/c1-5-6-15-29-26(33)20(3)30(18-21-10-13-23(28)14-11-21)25(32)8-7-16-31(36(4,34)35)24-17-22(27)12-9-19(24)2/h9-14,17,20H,5-8,15-16,18H2,1-4H3,(H,29,33)/t20-/m1/s1. The molecule has 2 aromatic rings. The number of anilines is 1.